The SMILES string of the molecule is CCN(CC)Cc1c(C(=O)N/N=C/c2ccc(OC(=O)c3ccc(Cl)cc3)c(OC)c2)nnn1-c1nonc1N. The van der Waals surface area contributed by atoms with E-state index in [4.69, 9.17) is 26.8 Å². The van der Waals surface area contributed by atoms with Crippen molar-refractivity contribution in [3.63, 3.8) is 0 Å². The van der Waals surface area contributed by atoms with E-state index in [1.54, 1.807) is 42.5 Å². The molecule has 208 valence electrons. The molecule has 0 fully saturated rings. The van der Waals surface area contributed by atoms with Crippen molar-refractivity contribution in [2.75, 3.05) is 25.9 Å². The summed E-state index contributed by atoms with van der Waals surface area (Å²) < 4.78 is 16.8. The zero-order valence-electron chi connectivity index (χ0n) is 21.9. The van der Waals surface area contributed by atoms with Crippen LogP contribution in [0.1, 0.15) is 46.0 Å². The number of amides is 1. The molecule has 2 aromatic heterocycles. The maximum Gasteiger partial charge on any atom is 0.343 e. The number of halogens is 1. The molecule has 1 amide bonds. The van der Waals surface area contributed by atoms with E-state index in [-0.39, 0.29) is 23.1 Å². The molecule has 0 aliphatic carbocycles. The number of nitrogens with two attached hydrogens (primary N) is 1. The van der Waals surface area contributed by atoms with Crippen molar-refractivity contribution >= 4 is 35.5 Å². The zero-order valence-corrected chi connectivity index (χ0v) is 22.6. The number of aromatic nitrogens is 5. The molecule has 0 aliphatic heterocycles. The standard InChI is InChI=1S/C25H26ClN9O5/c1-4-34(5-2)14-18-21(29-33-35(18)23-22(27)31-40-32-23)24(36)30-28-13-15-6-11-19(20(12-15)38-3)39-25(37)16-7-9-17(26)10-8-16/h6-13H,4-5,14H2,1-3H3,(H2,27,31)(H,30,36)/b28-13+. The third-order valence-electron chi connectivity index (χ3n) is 5.79. The Balaban J connectivity index is 1.49. The van der Waals surface area contributed by atoms with Gasteiger partial charge in [-0.1, -0.05) is 30.7 Å². The minimum absolute atomic E-state index is 0.00640. The molecule has 0 spiro atoms. The first-order valence-corrected chi connectivity index (χ1v) is 12.5. The fourth-order valence-electron chi connectivity index (χ4n) is 3.60. The van der Waals surface area contributed by atoms with Crippen LogP contribution in [0, 0.1) is 0 Å². The number of hydrogen-bond acceptors (Lipinski definition) is 12. The second kappa shape index (κ2) is 12.8. The minimum atomic E-state index is -0.597. The van der Waals surface area contributed by atoms with Gasteiger partial charge in [-0.05, 0) is 71.4 Å². The van der Waals surface area contributed by atoms with Crippen LogP contribution >= 0.6 is 11.6 Å². The molecule has 0 radical (unpaired) electrons. The van der Waals surface area contributed by atoms with Gasteiger partial charge in [0.15, 0.2) is 17.2 Å². The molecule has 14 nitrogen and oxygen atoms in total. The molecule has 0 aliphatic rings. The molecule has 2 aromatic carbocycles. The predicted octanol–water partition coefficient (Wildman–Crippen LogP) is 2.72. The van der Waals surface area contributed by atoms with Crippen LogP contribution < -0.4 is 20.6 Å². The van der Waals surface area contributed by atoms with Gasteiger partial charge in [0.25, 0.3) is 5.91 Å². The van der Waals surface area contributed by atoms with E-state index in [2.05, 4.69) is 40.7 Å². The molecular weight excluding hydrogens is 542 g/mol. The third-order valence-corrected chi connectivity index (χ3v) is 6.04. The van der Waals surface area contributed by atoms with Crippen molar-refractivity contribution in [1.29, 1.82) is 0 Å². The highest BCUT2D eigenvalue weighted by molar-refractivity contribution is 6.30. The van der Waals surface area contributed by atoms with Gasteiger partial charge in [-0.15, -0.1) is 5.10 Å². The highest BCUT2D eigenvalue weighted by atomic mass is 35.5. The molecule has 4 aromatic rings. The van der Waals surface area contributed by atoms with E-state index in [1.165, 1.54) is 18.0 Å². The monoisotopic (exact) mass is 567 g/mol. The number of anilines is 1. The first kappa shape index (κ1) is 28.2. The first-order chi connectivity index (χ1) is 19.3. The lowest BCUT2D eigenvalue weighted by atomic mass is 10.2. The van der Waals surface area contributed by atoms with Crippen molar-refractivity contribution in [3.05, 3.63) is 70.0 Å². The number of methoxy groups -OCH3 is 1. The van der Waals surface area contributed by atoms with Crippen molar-refractivity contribution < 1.29 is 23.7 Å². The van der Waals surface area contributed by atoms with Gasteiger partial charge in [-0.3, -0.25) is 9.69 Å². The Kier molecular flexibility index (Phi) is 9.04. The number of nitrogens with zero attached hydrogens (tertiary/aromatic N) is 7. The first-order valence-electron chi connectivity index (χ1n) is 12.1. The van der Waals surface area contributed by atoms with E-state index in [1.807, 2.05) is 13.8 Å². The number of hydrogen-bond donors (Lipinski definition) is 2. The molecule has 15 heteroatoms. The lowest BCUT2D eigenvalue weighted by Crippen LogP contribution is -2.27. The van der Waals surface area contributed by atoms with E-state index in [9.17, 15) is 9.59 Å². The van der Waals surface area contributed by atoms with E-state index in [0.717, 1.165) is 13.1 Å². The Bertz CT molecular complexity index is 1510. The maximum absolute atomic E-state index is 13.0. The highest BCUT2D eigenvalue weighted by Gasteiger charge is 2.25. The van der Waals surface area contributed by atoms with Gasteiger partial charge in [-0.25, -0.2) is 14.8 Å². The summed E-state index contributed by atoms with van der Waals surface area (Å²) in [6.45, 7) is 5.77. The summed E-state index contributed by atoms with van der Waals surface area (Å²) in [7, 11) is 1.44. The van der Waals surface area contributed by atoms with Crippen LogP contribution in [0.2, 0.25) is 5.02 Å². The molecular formula is C25H26ClN9O5. The van der Waals surface area contributed by atoms with Crippen LogP contribution in [-0.2, 0) is 6.54 Å². The number of ether oxygens (including phenoxy) is 2. The molecule has 0 atom stereocenters. The predicted molar refractivity (Wildman–Crippen MR) is 145 cm³/mol. The number of nitrogens with one attached hydrogen (secondary N) is 1. The minimum Gasteiger partial charge on any atom is -0.493 e. The van der Waals surface area contributed by atoms with Gasteiger partial charge in [0.1, 0.15) is 0 Å². The third kappa shape index (κ3) is 6.42. The fraction of sp³-hybridized carbons (Fsp3) is 0.240. The molecule has 2 heterocycles. The van der Waals surface area contributed by atoms with Crippen molar-refractivity contribution in [2.45, 2.75) is 20.4 Å². The van der Waals surface area contributed by atoms with E-state index in [0.29, 0.717) is 34.1 Å². The average Bonchev–Trinajstić information content (AvgIpc) is 3.57. The van der Waals surface area contributed by atoms with Crippen LogP contribution in [0.4, 0.5) is 5.82 Å². The molecule has 3 N–H and O–H groups in total. The second-order valence-corrected chi connectivity index (χ2v) is 8.67. The molecule has 0 bridgehead atoms. The van der Waals surface area contributed by atoms with Crippen LogP contribution in [0.5, 0.6) is 11.5 Å². The number of carbonyl (C=O) groups excluding carboxylic acids is 2. The van der Waals surface area contributed by atoms with E-state index < -0.39 is 11.9 Å². The molecule has 0 saturated carbocycles. The summed E-state index contributed by atoms with van der Waals surface area (Å²) >= 11 is 5.87. The van der Waals surface area contributed by atoms with Crippen LogP contribution in [0.25, 0.3) is 5.82 Å². The van der Waals surface area contributed by atoms with Crippen LogP contribution in [0.3, 0.4) is 0 Å². The number of rotatable bonds is 11. The molecule has 0 saturated heterocycles. The lowest BCUT2D eigenvalue weighted by Gasteiger charge is -2.18. The number of carbonyl (C=O) groups is 2. The summed E-state index contributed by atoms with van der Waals surface area (Å²) in [5.74, 6) is -0.530. The Labute approximate surface area is 233 Å². The number of nitrogen functional groups attached to an aromatic ring is 1. The summed E-state index contributed by atoms with van der Waals surface area (Å²) in [5, 5.41) is 19.9. The van der Waals surface area contributed by atoms with Gasteiger partial charge in [0.2, 0.25) is 11.6 Å². The highest BCUT2D eigenvalue weighted by Crippen LogP contribution is 2.28. The van der Waals surface area contributed by atoms with Crippen LogP contribution in [-0.4, -0.2) is 68.5 Å². The quantitative estimate of drug-likeness (QED) is 0.118. The molecule has 0 unspecified atom stereocenters. The van der Waals surface area contributed by atoms with Crippen molar-refractivity contribution in [3.8, 4) is 17.3 Å². The Hall–Kier alpha value is -4.82. The van der Waals surface area contributed by atoms with Gasteiger partial charge in [0, 0.05) is 11.6 Å². The second-order valence-electron chi connectivity index (χ2n) is 8.24. The molecule has 40 heavy (non-hydrogen) atoms. The Morgan fingerprint density at radius 1 is 1.15 bits per heavy atom. The summed E-state index contributed by atoms with van der Waals surface area (Å²) in [6.07, 6.45) is 1.40. The normalized spacial score (nSPS) is 11.2. The van der Waals surface area contributed by atoms with Gasteiger partial charge in [0.05, 0.1) is 24.6 Å². The number of hydrazone groups is 1. The number of benzene rings is 2. The number of esters is 1. The van der Waals surface area contributed by atoms with Gasteiger partial charge >= 0.3 is 5.97 Å². The van der Waals surface area contributed by atoms with E-state index >= 15 is 0 Å². The topological polar surface area (TPSA) is 176 Å². The summed E-state index contributed by atoms with van der Waals surface area (Å²) in [5.41, 5.74) is 9.65. The molecule has 4 rings (SSSR count). The van der Waals surface area contributed by atoms with Gasteiger partial charge < -0.3 is 15.2 Å². The largest absolute Gasteiger partial charge is 0.493 e. The average molecular weight is 568 g/mol. The smallest absolute Gasteiger partial charge is 0.343 e. The Morgan fingerprint density at radius 3 is 2.55 bits per heavy atom. The Morgan fingerprint density at radius 2 is 1.90 bits per heavy atom. The van der Waals surface area contributed by atoms with Crippen LogP contribution in [0.15, 0.2) is 52.2 Å². The lowest BCUT2D eigenvalue weighted by molar-refractivity contribution is 0.0729. The summed E-state index contributed by atoms with van der Waals surface area (Å²) in [6, 6.07) is 11.1. The van der Waals surface area contributed by atoms with Crippen molar-refractivity contribution in [2.24, 2.45) is 5.10 Å². The maximum atomic E-state index is 13.0. The van der Waals surface area contributed by atoms with Gasteiger partial charge in [-0.2, -0.15) is 9.78 Å². The summed E-state index contributed by atoms with van der Waals surface area (Å²) in [4.78, 5) is 27.5. The van der Waals surface area contributed by atoms with Crippen molar-refractivity contribution in [1.82, 2.24) is 35.6 Å². The zero-order chi connectivity index (χ0) is 28.6. The fourth-order valence-corrected chi connectivity index (χ4v) is 3.72.